The molecule has 0 heterocycles. The van der Waals surface area contributed by atoms with E-state index < -0.39 is 25.2 Å². The first kappa shape index (κ1) is 10.2. The van der Waals surface area contributed by atoms with Crippen molar-refractivity contribution in [1.82, 2.24) is 0 Å². The average molecular weight is 166 g/mol. The van der Waals surface area contributed by atoms with Crippen molar-refractivity contribution in [3.8, 4) is 0 Å². The summed E-state index contributed by atoms with van der Waals surface area (Å²) in [6, 6.07) is 0. The smallest absolute Gasteiger partial charge is 0.425 e. The zero-order valence-corrected chi connectivity index (χ0v) is 6.46. The van der Waals surface area contributed by atoms with Gasteiger partial charge in [0.1, 0.15) is 12.3 Å². The third-order valence-corrected chi connectivity index (χ3v) is 0.864. The fraction of sp³-hybridized carbons (Fsp3) is 0.833. The van der Waals surface area contributed by atoms with Gasteiger partial charge in [0.05, 0.1) is 0 Å². The molecule has 0 aromatic heterocycles. The van der Waals surface area contributed by atoms with Gasteiger partial charge in [-0.05, 0) is 13.8 Å². The van der Waals surface area contributed by atoms with Gasteiger partial charge in [-0.3, -0.25) is 0 Å². The Morgan fingerprint density at radius 2 is 2.18 bits per heavy atom. The van der Waals surface area contributed by atoms with E-state index in [9.17, 15) is 9.18 Å². The molecule has 0 rings (SSSR count). The first-order chi connectivity index (χ1) is 5.02. The molecule has 0 aliphatic heterocycles. The third-order valence-electron chi connectivity index (χ3n) is 0.864. The van der Waals surface area contributed by atoms with Crippen LogP contribution < -0.4 is 0 Å². The van der Waals surface area contributed by atoms with Crippen molar-refractivity contribution < 1.29 is 23.8 Å². The highest BCUT2D eigenvalue weighted by molar-refractivity contribution is 5.60. The summed E-state index contributed by atoms with van der Waals surface area (Å²) in [5.41, 5.74) is -1.19. The normalized spacial score (nSPS) is 10.9. The molecule has 0 bridgehead atoms. The molecule has 0 amide bonds. The summed E-state index contributed by atoms with van der Waals surface area (Å²) in [7, 11) is 0. The minimum Gasteiger partial charge on any atom is -0.425 e. The van der Waals surface area contributed by atoms with E-state index in [0.29, 0.717) is 0 Å². The summed E-state index contributed by atoms with van der Waals surface area (Å²) >= 11 is 0. The molecule has 0 atom stereocenters. The van der Waals surface area contributed by atoms with Crippen molar-refractivity contribution in [2.24, 2.45) is 0 Å². The topological polar surface area (TPSA) is 55.8 Å². The van der Waals surface area contributed by atoms with Crippen LogP contribution in [-0.4, -0.2) is 30.3 Å². The van der Waals surface area contributed by atoms with Crippen LogP contribution in [0.2, 0.25) is 0 Å². The Labute approximate surface area is 63.9 Å². The Bertz CT molecular complexity index is 135. The van der Waals surface area contributed by atoms with Crippen molar-refractivity contribution in [1.29, 1.82) is 0 Å². The van der Waals surface area contributed by atoms with E-state index in [2.05, 4.69) is 9.47 Å². The number of aliphatic hydroxyl groups is 1. The molecule has 0 aromatic carbocycles. The molecule has 0 saturated carbocycles. The van der Waals surface area contributed by atoms with Gasteiger partial charge < -0.3 is 14.6 Å². The quantitative estimate of drug-likeness (QED) is 0.498. The van der Waals surface area contributed by atoms with Crippen molar-refractivity contribution in [3.05, 3.63) is 0 Å². The minimum atomic E-state index is -1.19. The Morgan fingerprint density at radius 3 is 2.55 bits per heavy atom. The zero-order valence-electron chi connectivity index (χ0n) is 6.46. The number of hydrogen-bond donors (Lipinski definition) is 1. The lowest BCUT2D eigenvalue weighted by molar-refractivity contribution is -0.0556. The van der Waals surface area contributed by atoms with Crippen LogP contribution in [-0.2, 0) is 9.47 Å². The van der Waals surface area contributed by atoms with Gasteiger partial charge in [-0.1, -0.05) is 0 Å². The Balaban J connectivity index is 3.74. The number of aliphatic hydroxyl groups excluding tert-OH is 1. The molecule has 0 spiro atoms. The van der Waals surface area contributed by atoms with Crippen LogP contribution in [0.1, 0.15) is 13.8 Å². The van der Waals surface area contributed by atoms with E-state index in [1.807, 2.05) is 0 Å². The number of carbonyl (C=O) groups excluding carboxylic acids is 1. The standard InChI is InChI=1S/C6H11FO4/c1-6(2,3-7)11-5(9)10-4-8/h8H,3-4H2,1-2H3. The monoisotopic (exact) mass is 166 g/mol. The van der Waals surface area contributed by atoms with Crippen LogP contribution >= 0.6 is 0 Å². The number of ether oxygens (including phenoxy) is 2. The van der Waals surface area contributed by atoms with Gasteiger partial charge >= 0.3 is 6.16 Å². The highest BCUT2D eigenvalue weighted by Crippen LogP contribution is 2.10. The third kappa shape index (κ3) is 4.55. The predicted molar refractivity (Wildman–Crippen MR) is 34.7 cm³/mol. The van der Waals surface area contributed by atoms with Crippen LogP contribution in [0.25, 0.3) is 0 Å². The number of hydrogen-bond acceptors (Lipinski definition) is 4. The summed E-state index contributed by atoms with van der Waals surface area (Å²) in [6.45, 7) is 1.23. The molecule has 1 N–H and O–H groups in total. The van der Waals surface area contributed by atoms with Crippen molar-refractivity contribution >= 4 is 6.16 Å². The van der Waals surface area contributed by atoms with E-state index in [4.69, 9.17) is 5.11 Å². The summed E-state index contributed by atoms with van der Waals surface area (Å²) in [4.78, 5) is 10.4. The van der Waals surface area contributed by atoms with E-state index in [1.54, 1.807) is 0 Å². The fourth-order valence-corrected chi connectivity index (χ4v) is 0.335. The Morgan fingerprint density at radius 1 is 1.64 bits per heavy atom. The highest BCUT2D eigenvalue weighted by atomic mass is 19.1. The fourth-order valence-electron chi connectivity index (χ4n) is 0.335. The number of alkyl halides is 1. The van der Waals surface area contributed by atoms with E-state index in [-0.39, 0.29) is 0 Å². The van der Waals surface area contributed by atoms with E-state index in [0.717, 1.165) is 0 Å². The molecule has 11 heavy (non-hydrogen) atoms. The van der Waals surface area contributed by atoms with Crippen molar-refractivity contribution in [2.75, 3.05) is 13.5 Å². The van der Waals surface area contributed by atoms with Crippen LogP contribution in [0.4, 0.5) is 9.18 Å². The van der Waals surface area contributed by atoms with Gasteiger partial charge in [0, 0.05) is 0 Å². The van der Waals surface area contributed by atoms with Crippen LogP contribution in [0.15, 0.2) is 0 Å². The highest BCUT2D eigenvalue weighted by Gasteiger charge is 2.23. The van der Waals surface area contributed by atoms with Gasteiger partial charge in [-0.25, -0.2) is 9.18 Å². The molecule has 0 fully saturated rings. The van der Waals surface area contributed by atoms with E-state index in [1.165, 1.54) is 13.8 Å². The molecule has 0 radical (unpaired) electrons. The van der Waals surface area contributed by atoms with Crippen molar-refractivity contribution in [3.63, 3.8) is 0 Å². The Kier molecular flexibility index (Phi) is 3.81. The summed E-state index contributed by atoms with van der Waals surface area (Å²) < 4.78 is 20.4. The number of carbonyl (C=O) groups is 1. The lowest BCUT2D eigenvalue weighted by Crippen LogP contribution is -2.30. The molecule has 5 heteroatoms. The van der Waals surface area contributed by atoms with E-state index >= 15 is 0 Å². The average Bonchev–Trinajstić information content (AvgIpc) is 1.87. The molecule has 0 saturated heterocycles. The molecule has 0 aliphatic carbocycles. The number of halogens is 1. The molecular formula is C6H11FO4. The Hall–Kier alpha value is -0.840. The molecular weight excluding hydrogens is 155 g/mol. The van der Waals surface area contributed by atoms with Crippen LogP contribution in [0.5, 0.6) is 0 Å². The first-order valence-corrected chi connectivity index (χ1v) is 3.04. The molecule has 66 valence electrons. The first-order valence-electron chi connectivity index (χ1n) is 3.04. The maximum Gasteiger partial charge on any atom is 0.511 e. The summed E-state index contributed by atoms with van der Waals surface area (Å²) in [6.07, 6.45) is -1.07. The summed E-state index contributed by atoms with van der Waals surface area (Å²) in [5, 5.41) is 8.09. The predicted octanol–water partition coefficient (Wildman–Crippen LogP) is 0.837. The zero-order chi connectivity index (χ0) is 8.91. The largest absolute Gasteiger partial charge is 0.511 e. The second kappa shape index (κ2) is 4.12. The van der Waals surface area contributed by atoms with Gasteiger partial charge in [-0.15, -0.1) is 0 Å². The van der Waals surface area contributed by atoms with Gasteiger partial charge in [0.25, 0.3) is 0 Å². The maximum absolute atomic E-state index is 12.0. The second-order valence-electron chi connectivity index (χ2n) is 2.52. The lowest BCUT2D eigenvalue weighted by Gasteiger charge is -2.19. The molecule has 4 nitrogen and oxygen atoms in total. The van der Waals surface area contributed by atoms with Gasteiger partial charge in [0.15, 0.2) is 6.79 Å². The minimum absolute atomic E-state index is 0.763. The molecule has 0 aliphatic rings. The number of rotatable bonds is 3. The van der Waals surface area contributed by atoms with Crippen molar-refractivity contribution in [2.45, 2.75) is 19.4 Å². The van der Waals surface area contributed by atoms with Crippen LogP contribution in [0, 0.1) is 0 Å². The maximum atomic E-state index is 12.0. The van der Waals surface area contributed by atoms with Gasteiger partial charge in [0.2, 0.25) is 0 Å². The SMILES string of the molecule is CC(C)(CF)OC(=O)OCO. The lowest BCUT2D eigenvalue weighted by atomic mass is 10.2. The molecule has 0 unspecified atom stereocenters. The molecule has 0 aromatic rings. The summed E-state index contributed by atoms with van der Waals surface area (Å²) in [5.74, 6) is 0. The van der Waals surface area contributed by atoms with Crippen LogP contribution in [0.3, 0.4) is 0 Å². The van der Waals surface area contributed by atoms with Gasteiger partial charge in [-0.2, -0.15) is 0 Å². The second-order valence-corrected chi connectivity index (χ2v) is 2.52.